The van der Waals surface area contributed by atoms with Gasteiger partial charge in [0.15, 0.2) is 0 Å². The first kappa shape index (κ1) is 8.03. The Labute approximate surface area is 56.5 Å². The lowest BCUT2D eigenvalue weighted by Gasteiger charge is -1.92. The number of halogens is 1. The summed E-state index contributed by atoms with van der Waals surface area (Å²) in [5, 5.41) is 0.992. The standard InChI is InChI=1S/C7H13Cl/c1-3-5-6-7(8)4-2/h4H,3,5-6H2,1-2H3. The first-order valence-electron chi connectivity index (χ1n) is 3.12. The Morgan fingerprint density at radius 2 is 2.25 bits per heavy atom. The van der Waals surface area contributed by atoms with Crippen LogP contribution in [0.3, 0.4) is 0 Å². The van der Waals surface area contributed by atoms with Gasteiger partial charge in [0.05, 0.1) is 0 Å². The average Bonchev–Trinajstić information content (AvgIpc) is 1.83. The van der Waals surface area contributed by atoms with E-state index in [9.17, 15) is 0 Å². The lowest BCUT2D eigenvalue weighted by Crippen LogP contribution is -1.71. The van der Waals surface area contributed by atoms with Crippen LogP contribution in [0.5, 0.6) is 0 Å². The summed E-state index contributed by atoms with van der Waals surface area (Å²) >= 11 is 5.71. The van der Waals surface area contributed by atoms with Gasteiger partial charge < -0.3 is 0 Å². The topological polar surface area (TPSA) is 0 Å². The van der Waals surface area contributed by atoms with Gasteiger partial charge in [-0.3, -0.25) is 0 Å². The van der Waals surface area contributed by atoms with Crippen LogP contribution in [0, 0.1) is 0 Å². The van der Waals surface area contributed by atoms with Gasteiger partial charge in [-0.1, -0.05) is 31.0 Å². The first-order chi connectivity index (χ1) is 3.81. The molecule has 0 amide bonds. The van der Waals surface area contributed by atoms with Gasteiger partial charge in [-0.2, -0.15) is 0 Å². The summed E-state index contributed by atoms with van der Waals surface area (Å²) in [5.74, 6) is 0. The molecule has 0 bridgehead atoms. The number of allylic oxidation sites excluding steroid dienone is 2. The summed E-state index contributed by atoms with van der Waals surface area (Å²) in [4.78, 5) is 0. The third-order valence-corrected chi connectivity index (χ3v) is 1.49. The molecule has 0 aromatic carbocycles. The van der Waals surface area contributed by atoms with E-state index in [1.54, 1.807) is 0 Å². The quantitative estimate of drug-likeness (QED) is 0.553. The van der Waals surface area contributed by atoms with Crippen LogP contribution in [0.15, 0.2) is 11.1 Å². The van der Waals surface area contributed by atoms with E-state index >= 15 is 0 Å². The van der Waals surface area contributed by atoms with Crippen molar-refractivity contribution in [2.45, 2.75) is 33.1 Å². The largest absolute Gasteiger partial charge is 0.0895 e. The van der Waals surface area contributed by atoms with Gasteiger partial charge in [0.2, 0.25) is 0 Å². The summed E-state index contributed by atoms with van der Waals surface area (Å²) < 4.78 is 0. The average molecular weight is 133 g/mol. The number of rotatable bonds is 3. The molecule has 0 saturated heterocycles. The summed E-state index contributed by atoms with van der Waals surface area (Å²) in [5.41, 5.74) is 0. The van der Waals surface area contributed by atoms with Crippen LogP contribution in [0.4, 0.5) is 0 Å². The van der Waals surface area contributed by atoms with Gasteiger partial charge >= 0.3 is 0 Å². The summed E-state index contributed by atoms with van der Waals surface area (Å²) in [6.45, 7) is 4.14. The summed E-state index contributed by atoms with van der Waals surface area (Å²) in [6.07, 6.45) is 5.44. The van der Waals surface area contributed by atoms with Crippen LogP contribution in [-0.2, 0) is 0 Å². The zero-order valence-corrected chi connectivity index (χ0v) is 6.33. The molecule has 1 heteroatoms. The normalized spacial score (nSPS) is 12.1. The van der Waals surface area contributed by atoms with Crippen LogP contribution in [0.25, 0.3) is 0 Å². The molecule has 0 unspecified atom stereocenters. The minimum absolute atomic E-state index is 0.992. The zero-order chi connectivity index (χ0) is 6.41. The highest BCUT2D eigenvalue weighted by atomic mass is 35.5. The molecule has 0 atom stereocenters. The molecule has 0 aliphatic heterocycles. The monoisotopic (exact) mass is 132 g/mol. The molecule has 0 aliphatic carbocycles. The molecule has 0 saturated carbocycles. The molecular weight excluding hydrogens is 120 g/mol. The smallest absolute Gasteiger partial charge is 0.0138 e. The zero-order valence-electron chi connectivity index (χ0n) is 5.58. The molecule has 0 nitrogen and oxygen atoms in total. The second-order valence-corrected chi connectivity index (χ2v) is 2.32. The fourth-order valence-corrected chi connectivity index (χ4v) is 0.624. The highest BCUT2D eigenvalue weighted by Crippen LogP contribution is 2.10. The van der Waals surface area contributed by atoms with Crippen molar-refractivity contribution in [3.05, 3.63) is 11.1 Å². The number of hydrogen-bond donors (Lipinski definition) is 0. The summed E-state index contributed by atoms with van der Waals surface area (Å²) in [7, 11) is 0. The van der Waals surface area contributed by atoms with Crippen LogP contribution in [0.2, 0.25) is 0 Å². The minimum Gasteiger partial charge on any atom is -0.0895 e. The van der Waals surface area contributed by atoms with Crippen molar-refractivity contribution in [1.29, 1.82) is 0 Å². The lowest BCUT2D eigenvalue weighted by atomic mass is 10.2. The third-order valence-electron chi connectivity index (χ3n) is 1.08. The molecule has 0 radical (unpaired) electrons. The van der Waals surface area contributed by atoms with E-state index < -0.39 is 0 Å². The summed E-state index contributed by atoms with van der Waals surface area (Å²) in [6, 6.07) is 0. The predicted molar refractivity (Wildman–Crippen MR) is 39.1 cm³/mol. The van der Waals surface area contributed by atoms with E-state index in [-0.39, 0.29) is 0 Å². The van der Waals surface area contributed by atoms with Gasteiger partial charge in [-0.15, -0.1) is 0 Å². The lowest BCUT2D eigenvalue weighted by molar-refractivity contribution is 0.806. The highest BCUT2D eigenvalue weighted by Gasteiger charge is 1.86. The Hall–Kier alpha value is 0.0300. The number of unbranched alkanes of at least 4 members (excludes halogenated alkanes) is 1. The maximum absolute atomic E-state index is 5.71. The van der Waals surface area contributed by atoms with E-state index in [0.29, 0.717) is 0 Å². The Balaban J connectivity index is 3.12. The molecule has 0 heterocycles. The molecule has 0 aromatic rings. The second-order valence-electron chi connectivity index (χ2n) is 1.84. The molecule has 8 heavy (non-hydrogen) atoms. The fourth-order valence-electron chi connectivity index (χ4n) is 0.490. The SMILES string of the molecule is CC=C(Cl)CCCC. The Kier molecular flexibility index (Phi) is 5.19. The predicted octanol–water partition coefficient (Wildman–Crippen LogP) is 3.32. The van der Waals surface area contributed by atoms with Gasteiger partial charge in [0, 0.05) is 5.03 Å². The van der Waals surface area contributed by atoms with Crippen molar-refractivity contribution >= 4 is 11.6 Å². The number of hydrogen-bond acceptors (Lipinski definition) is 0. The molecule has 0 aliphatic rings. The van der Waals surface area contributed by atoms with Crippen LogP contribution >= 0.6 is 11.6 Å². The molecule has 0 spiro atoms. The van der Waals surface area contributed by atoms with E-state index in [0.717, 1.165) is 11.5 Å². The van der Waals surface area contributed by atoms with Crippen molar-refractivity contribution in [2.75, 3.05) is 0 Å². The molecule has 48 valence electrons. The van der Waals surface area contributed by atoms with Crippen molar-refractivity contribution in [2.24, 2.45) is 0 Å². The Morgan fingerprint density at radius 3 is 2.62 bits per heavy atom. The maximum Gasteiger partial charge on any atom is 0.0138 e. The van der Waals surface area contributed by atoms with E-state index in [1.807, 2.05) is 13.0 Å². The highest BCUT2D eigenvalue weighted by molar-refractivity contribution is 6.29. The second kappa shape index (κ2) is 5.17. The van der Waals surface area contributed by atoms with Gasteiger partial charge in [0.1, 0.15) is 0 Å². The van der Waals surface area contributed by atoms with Crippen molar-refractivity contribution in [1.82, 2.24) is 0 Å². The van der Waals surface area contributed by atoms with Gasteiger partial charge in [-0.05, 0) is 19.8 Å². The van der Waals surface area contributed by atoms with Crippen molar-refractivity contribution < 1.29 is 0 Å². The van der Waals surface area contributed by atoms with Crippen molar-refractivity contribution in [3.63, 3.8) is 0 Å². The maximum atomic E-state index is 5.71. The van der Waals surface area contributed by atoms with E-state index in [1.165, 1.54) is 12.8 Å². The van der Waals surface area contributed by atoms with Crippen LogP contribution in [0.1, 0.15) is 33.1 Å². The van der Waals surface area contributed by atoms with Gasteiger partial charge in [-0.25, -0.2) is 0 Å². The van der Waals surface area contributed by atoms with Crippen molar-refractivity contribution in [3.8, 4) is 0 Å². The first-order valence-corrected chi connectivity index (χ1v) is 3.49. The molecule has 0 N–H and O–H groups in total. The Bertz CT molecular complexity index is 74.5. The molecule has 0 aromatic heterocycles. The third kappa shape index (κ3) is 4.20. The Morgan fingerprint density at radius 1 is 1.62 bits per heavy atom. The van der Waals surface area contributed by atoms with Crippen LogP contribution in [-0.4, -0.2) is 0 Å². The minimum atomic E-state index is 0.992. The van der Waals surface area contributed by atoms with Crippen LogP contribution < -0.4 is 0 Å². The molecule has 0 fully saturated rings. The molecular formula is C7H13Cl. The molecule has 0 rings (SSSR count). The van der Waals surface area contributed by atoms with Gasteiger partial charge in [0.25, 0.3) is 0 Å². The van der Waals surface area contributed by atoms with E-state index in [2.05, 4.69) is 6.92 Å². The van der Waals surface area contributed by atoms with E-state index in [4.69, 9.17) is 11.6 Å². The fraction of sp³-hybridized carbons (Fsp3) is 0.714.